The summed E-state index contributed by atoms with van der Waals surface area (Å²) in [6, 6.07) is 6.33. The van der Waals surface area contributed by atoms with E-state index in [1.54, 1.807) is 18.2 Å². The number of carbonyl (C=O) groups excluding carboxylic acids is 3. The average molecular weight is 328 g/mol. The van der Waals surface area contributed by atoms with Gasteiger partial charge in [0.1, 0.15) is 6.26 Å². The second-order valence-electron chi connectivity index (χ2n) is 5.52. The van der Waals surface area contributed by atoms with E-state index in [4.69, 9.17) is 10.2 Å². The Bertz CT molecular complexity index is 795. The number of hydrogen-bond acceptors (Lipinski definition) is 5. The Labute approximate surface area is 137 Å². The van der Waals surface area contributed by atoms with E-state index in [1.807, 2.05) is 0 Å². The highest BCUT2D eigenvalue weighted by Gasteiger charge is 2.26. The molecule has 1 aliphatic carbocycles. The van der Waals surface area contributed by atoms with Gasteiger partial charge in [-0.1, -0.05) is 18.6 Å². The number of para-hydroxylation sites is 1. The first-order chi connectivity index (χ1) is 11.5. The summed E-state index contributed by atoms with van der Waals surface area (Å²) in [4.78, 5) is 39.3. The summed E-state index contributed by atoms with van der Waals surface area (Å²) in [5, 5.41) is 5.09. The summed E-state index contributed by atoms with van der Waals surface area (Å²) < 4.78 is 5.10. The van der Waals surface area contributed by atoms with E-state index >= 15 is 0 Å². The van der Waals surface area contributed by atoms with Crippen molar-refractivity contribution in [2.45, 2.75) is 19.3 Å². The maximum atomic E-state index is 12.2. The molecule has 8 heteroatoms. The number of nitrogens with zero attached hydrogens (tertiary/aromatic N) is 1. The number of primary amides is 1. The molecule has 1 heterocycles. The summed E-state index contributed by atoms with van der Waals surface area (Å²) in [7, 11) is 0. The van der Waals surface area contributed by atoms with E-state index < -0.39 is 11.8 Å². The number of nitrogens with two attached hydrogens (primary N) is 1. The monoisotopic (exact) mass is 328 g/mol. The molecule has 124 valence electrons. The third-order valence-corrected chi connectivity index (χ3v) is 3.88. The standard InChI is InChI=1S/C16H16N4O4/c17-13(21)10-6-1-2-7-11(10)18-15(23)12-8-24-16(19-12)20-14(22)9-4-3-5-9/h1-2,6-9H,3-5H2,(H2,17,21)(H,18,23)(H,19,20,22). The van der Waals surface area contributed by atoms with Gasteiger partial charge in [0.2, 0.25) is 5.91 Å². The van der Waals surface area contributed by atoms with Crippen LogP contribution >= 0.6 is 0 Å². The maximum Gasteiger partial charge on any atom is 0.302 e. The van der Waals surface area contributed by atoms with Gasteiger partial charge >= 0.3 is 6.01 Å². The lowest BCUT2D eigenvalue weighted by Gasteiger charge is -2.22. The summed E-state index contributed by atoms with van der Waals surface area (Å²) in [5.41, 5.74) is 5.71. The molecule has 1 fully saturated rings. The van der Waals surface area contributed by atoms with Crippen molar-refractivity contribution >= 4 is 29.4 Å². The van der Waals surface area contributed by atoms with Crippen molar-refractivity contribution in [1.82, 2.24) is 4.98 Å². The van der Waals surface area contributed by atoms with Gasteiger partial charge in [-0.25, -0.2) is 0 Å². The third-order valence-electron chi connectivity index (χ3n) is 3.88. The lowest BCUT2D eigenvalue weighted by molar-refractivity contribution is -0.122. The number of amides is 3. The van der Waals surface area contributed by atoms with Gasteiger partial charge in [-0.15, -0.1) is 0 Å². The predicted molar refractivity (Wildman–Crippen MR) is 85.4 cm³/mol. The molecule has 2 aromatic rings. The Balaban J connectivity index is 1.68. The molecule has 0 saturated heterocycles. The number of hydrogen-bond donors (Lipinski definition) is 3. The minimum Gasteiger partial charge on any atom is -0.431 e. The van der Waals surface area contributed by atoms with Crippen LogP contribution in [0.2, 0.25) is 0 Å². The first-order valence-electron chi connectivity index (χ1n) is 7.51. The van der Waals surface area contributed by atoms with Crippen LogP contribution in [0.5, 0.6) is 0 Å². The van der Waals surface area contributed by atoms with Gasteiger partial charge < -0.3 is 15.5 Å². The minimum absolute atomic E-state index is 0.0156. The van der Waals surface area contributed by atoms with Crippen LogP contribution in [0.15, 0.2) is 34.9 Å². The number of rotatable bonds is 5. The van der Waals surface area contributed by atoms with Crippen LogP contribution in [0, 0.1) is 5.92 Å². The number of anilines is 2. The van der Waals surface area contributed by atoms with E-state index in [0.29, 0.717) is 0 Å². The largest absolute Gasteiger partial charge is 0.431 e. The molecule has 1 saturated carbocycles. The molecule has 3 rings (SSSR count). The summed E-state index contributed by atoms with van der Waals surface area (Å²) in [6.07, 6.45) is 3.88. The number of carbonyl (C=O) groups is 3. The Hall–Kier alpha value is -3.16. The van der Waals surface area contributed by atoms with Crippen LogP contribution in [-0.2, 0) is 4.79 Å². The number of aromatic nitrogens is 1. The zero-order valence-corrected chi connectivity index (χ0v) is 12.7. The van der Waals surface area contributed by atoms with Gasteiger partial charge in [0.15, 0.2) is 5.69 Å². The molecule has 0 atom stereocenters. The smallest absolute Gasteiger partial charge is 0.302 e. The molecule has 0 bridgehead atoms. The molecule has 0 aliphatic heterocycles. The van der Waals surface area contributed by atoms with Gasteiger partial charge in [0, 0.05) is 5.92 Å². The highest BCUT2D eigenvalue weighted by molar-refractivity contribution is 6.08. The first-order valence-corrected chi connectivity index (χ1v) is 7.51. The van der Waals surface area contributed by atoms with Crippen LogP contribution < -0.4 is 16.4 Å². The summed E-state index contributed by atoms with van der Waals surface area (Å²) in [5.74, 6) is -1.40. The fourth-order valence-electron chi connectivity index (χ4n) is 2.31. The average Bonchev–Trinajstić information content (AvgIpc) is 2.94. The van der Waals surface area contributed by atoms with Crippen molar-refractivity contribution in [3.63, 3.8) is 0 Å². The first kappa shape index (κ1) is 15.7. The zero-order chi connectivity index (χ0) is 17.1. The second-order valence-corrected chi connectivity index (χ2v) is 5.52. The van der Waals surface area contributed by atoms with Crippen molar-refractivity contribution in [2.24, 2.45) is 11.7 Å². The van der Waals surface area contributed by atoms with Crippen molar-refractivity contribution in [3.8, 4) is 0 Å². The normalized spacial score (nSPS) is 13.8. The molecule has 0 unspecified atom stereocenters. The van der Waals surface area contributed by atoms with Crippen LogP contribution in [0.3, 0.4) is 0 Å². The van der Waals surface area contributed by atoms with Crippen LogP contribution in [0.25, 0.3) is 0 Å². The molecule has 4 N–H and O–H groups in total. The molecule has 1 aromatic heterocycles. The topological polar surface area (TPSA) is 127 Å². The zero-order valence-electron chi connectivity index (χ0n) is 12.7. The van der Waals surface area contributed by atoms with Gasteiger partial charge in [0.05, 0.1) is 11.3 Å². The Morgan fingerprint density at radius 3 is 2.58 bits per heavy atom. The van der Waals surface area contributed by atoms with Crippen molar-refractivity contribution in [2.75, 3.05) is 10.6 Å². The highest BCUT2D eigenvalue weighted by atomic mass is 16.4. The molecule has 3 amide bonds. The van der Waals surface area contributed by atoms with Crippen molar-refractivity contribution in [3.05, 3.63) is 41.8 Å². The molecular formula is C16H16N4O4. The van der Waals surface area contributed by atoms with E-state index in [1.165, 1.54) is 6.07 Å². The van der Waals surface area contributed by atoms with Gasteiger partial charge in [0.25, 0.3) is 11.8 Å². The number of nitrogens with one attached hydrogen (secondary N) is 2. The van der Waals surface area contributed by atoms with Gasteiger partial charge in [-0.3, -0.25) is 19.7 Å². The van der Waals surface area contributed by atoms with Crippen LogP contribution in [-0.4, -0.2) is 22.7 Å². The highest BCUT2D eigenvalue weighted by Crippen LogP contribution is 2.27. The quantitative estimate of drug-likeness (QED) is 0.770. The predicted octanol–water partition coefficient (Wildman–Crippen LogP) is 1.76. The molecule has 24 heavy (non-hydrogen) atoms. The Kier molecular flexibility index (Phi) is 4.28. The number of benzene rings is 1. The van der Waals surface area contributed by atoms with Gasteiger partial charge in [-0.05, 0) is 25.0 Å². The van der Waals surface area contributed by atoms with E-state index in [9.17, 15) is 14.4 Å². The van der Waals surface area contributed by atoms with E-state index in [-0.39, 0.29) is 34.8 Å². The van der Waals surface area contributed by atoms with E-state index in [0.717, 1.165) is 25.5 Å². The lowest BCUT2D eigenvalue weighted by Crippen LogP contribution is -2.28. The molecule has 1 aliphatic rings. The van der Waals surface area contributed by atoms with Gasteiger partial charge in [-0.2, -0.15) is 4.98 Å². The molecular weight excluding hydrogens is 312 g/mol. The fraction of sp³-hybridized carbons (Fsp3) is 0.250. The Morgan fingerprint density at radius 2 is 1.92 bits per heavy atom. The van der Waals surface area contributed by atoms with Crippen LogP contribution in [0.1, 0.15) is 40.1 Å². The van der Waals surface area contributed by atoms with Crippen molar-refractivity contribution in [1.29, 1.82) is 0 Å². The summed E-state index contributed by atoms with van der Waals surface area (Å²) in [6.45, 7) is 0. The fourth-order valence-corrected chi connectivity index (χ4v) is 2.31. The molecule has 0 spiro atoms. The molecule has 8 nitrogen and oxygen atoms in total. The lowest BCUT2D eigenvalue weighted by atomic mass is 9.85. The Morgan fingerprint density at radius 1 is 1.17 bits per heavy atom. The van der Waals surface area contributed by atoms with Crippen molar-refractivity contribution < 1.29 is 18.8 Å². The third kappa shape index (κ3) is 3.27. The van der Waals surface area contributed by atoms with E-state index in [2.05, 4.69) is 15.6 Å². The minimum atomic E-state index is -0.653. The van der Waals surface area contributed by atoms with Crippen LogP contribution in [0.4, 0.5) is 11.7 Å². The summed E-state index contributed by atoms with van der Waals surface area (Å²) >= 11 is 0. The second kappa shape index (κ2) is 6.53. The molecule has 1 aromatic carbocycles. The SMILES string of the molecule is NC(=O)c1ccccc1NC(=O)c1coc(NC(=O)C2CCC2)n1. The maximum absolute atomic E-state index is 12.2. The molecule has 0 radical (unpaired) electrons. The number of oxazole rings is 1.